The lowest BCUT2D eigenvalue weighted by molar-refractivity contribution is 0.456. The first kappa shape index (κ1) is 23.3. The standard InChI is InChI=1S/C24H27N11O/c1-4-8-19-15-34(23-28-31-32-35(23)16(3)5-2)24(36)33(19)14-18-12-11-17(13-25-18)20-9-6-7-10-21(20)22-26-29-30-27-22/h6-7,9-13,15-16H,4-5,8,14H2,1-3H3,(H,26,27,29,30). The van der Waals surface area contributed by atoms with Crippen molar-refractivity contribution >= 4 is 0 Å². The zero-order valence-corrected chi connectivity index (χ0v) is 20.4. The molecule has 184 valence electrons. The predicted molar refractivity (Wildman–Crippen MR) is 132 cm³/mol. The summed E-state index contributed by atoms with van der Waals surface area (Å²) in [5.74, 6) is 1.01. The first-order valence-electron chi connectivity index (χ1n) is 12.0. The number of hydrogen-bond donors (Lipinski definition) is 1. The normalized spacial score (nSPS) is 12.2. The average Bonchev–Trinajstić information content (AvgIpc) is 3.67. The molecule has 1 aromatic carbocycles. The van der Waals surface area contributed by atoms with Crippen molar-refractivity contribution in [2.24, 2.45) is 0 Å². The number of imidazole rings is 1. The van der Waals surface area contributed by atoms with Gasteiger partial charge in [-0.1, -0.05) is 55.7 Å². The number of aromatic nitrogens is 11. The molecule has 5 aromatic rings. The second-order valence-corrected chi connectivity index (χ2v) is 8.62. The van der Waals surface area contributed by atoms with E-state index in [9.17, 15) is 4.79 Å². The molecule has 0 saturated heterocycles. The van der Waals surface area contributed by atoms with Gasteiger partial charge in [-0.3, -0.25) is 9.55 Å². The highest BCUT2D eigenvalue weighted by Gasteiger charge is 2.20. The summed E-state index contributed by atoms with van der Waals surface area (Å²) in [5.41, 5.74) is 4.27. The highest BCUT2D eigenvalue weighted by molar-refractivity contribution is 5.79. The molecule has 4 aromatic heterocycles. The highest BCUT2D eigenvalue weighted by Crippen LogP contribution is 2.29. The number of H-pyrrole nitrogens is 1. The van der Waals surface area contributed by atoms with Crippen LogP contribution in [0.4, 0.5) is 0 Å². The Hall–Kier alpha value is -4.48. The molecule has 1 unspecified atom stereocenters. The smallest absolute Gasteiger partial charge is 0.290 e. The van der Waals surface area contributed by atoms with Crippen LogP contribution in [0.2, 0.25) is 0 Å². The first-order chi connectivity index (χ1) is 17.6. The number of aromatic amines is 1. The van der Waals surface area contributed by atoms with Crippen molar-refractivity contribution in [1.29, 1.82) is 0 Å². The largest absolute Gasteiger partial charge is 0.335 e. The lowest BCUT2D eigenvalue weighted by Gasteiger charge is -2.10. The fourth-order valence-electron chi connectivity index (χ4n) is 4.15. The third-order valence-corrected chi connectivity index (χ3v) is 6.25. The van der Waals surface area contributed by atoms with E-state index in [-0.39, 0.29) is 11.7 Å². The van der Waals surface area contributed by atoms with Crippen molar-refractivity contribution in [2.45, 2.75) is 52.6 Å². The minimum absolute atomic E-state index is 0.0738. The van der Waals surface area contributed by atoms with Gasteiger partial charge in [0.25, 0.3) is 5.95 Å². The van der Waals surface area contributed by atoms with Gasteiger partial charge in [-0.25, -0.2) is 19.1 Å². The Kier molecular flexibility index (Phi) is 6.48. The van der Waals surface area contributed by atoms with E-state index >= 15 is 0 Å². The molecule has 0 amide bonds. The van der Waals surface area contributed by atoms with Crippen molar-refractivity contribution in [2.75, 3.05) is 0 Å². The summed E-state index contributed by atoms with van der Waals surface area (Å²) in [6.07, 6.45) is 6.15. The lowest BCUT2D eigenvalue weighted by Crippen LogP contribution is -2.27. The van der Waals surface area contributed by atoms with Gasteiger partial charge in [0.2, 0.25) is 0 Å². The molecule has 0 bridgehead atoms. The second-order valence-electron chi connectivity index (χ2n) is 8.62. The van der Waals surface area contributed by atoms with Crippen LogP contribution in [0.1, 0.15) is 51.0 Å². The molecule has 5 rings (SSSR count). The van der Waals surface area contributed by atoms with Gasteiger partial charge in [-0.15, -0.1) is 5.10 Å². The molecule has 0 spiro atoms. The Morgan fingerprint density at radius 3 is 2.56 bits per heavy atom. The Bertz CT molecular complexity index is 1500. The molecule has 0 radical (unpaired) electrons. The van der Waals surface area contributed by atoms with Crippen molar-refractivity contribution in [3.8, 4) is 28.5 Å². The van der Waals surface area contributed by atoms with Gasteiger partial charge in [0.1, 0.15) is 0 Å². The van der Waals surface area contributed by atoms with Crippen LogP contribution in [0.5, 0.6) is 0 Å². The minimum Gasteiger partial charge on any atom is -0.290 e. The monoisotopic (exact) mass is 485 g/mol. The van der Waals surface area contributed by atoms with E-state index in [2.05, 4.69) is 55.0 Å². The number of nitrogens with one attached hydrogen (secondary N) is 1. The van der Waals surface area contributed by atoms with Crippen molar-refractivity contribution in [1.82, 2.24) is 54.9 Å². The summed E-state index contributed by atoms with van der Waals surface area (Å²) in [6.45, 7) is 6.52. The topological polar surface area (TPSA) is 138 Å². The average molecular weight is 486 g/mol. The van der Waals surface area contributed by atoms with Crippen LogP contribution in [0, 0.1) is 0 Å². The van der Waals surface area contributed by atoms with Gasteiger partial charge in [-0.05, 0) is 52.2 Å². The van der Waals surface area contributed by atoms with Crippen molar-refractivity contribution in [3.63, 3.8) is 0 Å². The molecule has 1 N–H and O–H groups in total. The lowest BCUT2D eigenvalue weighted by atomic mass is 10.0. The Morgan fingerprint density at radius 1 is 1.03 bits per heavy atom. The quantitative estimate of drug-likeness (QED) is 0.336. The van der Waals surface area contributed by atoms with Gasteiger partial charge in [0.05, 0.1) is 18.3 Å². The number of pyridine rings is 1. The van der Waals surface area contributed by atoms with Gasteiger partial charge in [0.15, 0.2) is 5.82 Å². The van der Waals surface area contributed by atoms with E-state index in [1.54, 1.807) is 9.25 Å². The maximum Gasteiger partial charge on any atom is 0.335 e. The molecule has 0 saturated carbocycles. The maximum atomic E-state index is 13.5. The van der Waals surface area contributed by atoms with Crippen LogP contribution >= 0.6 is 0 Å². The Balaban J connectivity index is 1.47. The van der Waals surface area contributed by atoms with Gasteiger partial charge in [-0.2, -0.15) is 0 Å². The third kappa shape index (κ3) is 4.32. The minimum atomic E-state index is -0.188. The van der Waals surface area contributed by atoms with E-state index in [0.717, 1.165) is 47.3 Å². The third-order valence-electron chi connectivity index (χ3n) is 6.25. The molecule has 1 atom stereocenters. The molecule has 12 heteroatoms. The molecule has 0 fully saturated rings. The summed E-state index contributed by atoms with van der Waals surface area (Å²) >= 11 is 0. The number of hydrogen-bond acceptors (Lipinski definition) is 8. The summed E-state index contributed by atoms with van der Waals surface area (Å²) in [5, 5.41) is 26.2. The van der Waals surface area contributed by atoms with Gasteiger partial charge >= 0.3 is 5.69 Å². The Labute approximate surface area is 207 Å². The van der Waals surface area contributed by atoms with Crippen LogP contribution in [0.3, 0.4) is 0 Å². The number of nitrogens with zero attached hydrogens (tertiary/aromatic N) is 10. The number of rotatable bonds is 9. The summed E-state index contributed by atoms with van der Waals surface area (Å²) < 4.78 is 4.97. The van der Waals surface area contributed by atoms with Crippen LogP contribution < -0.4 is 5.69 Å². The zero-order valence-electron chi connectivity index (χ0n) is 20.4. The fourth-order valence-corrected chi connectivity index (χ4v) is 4.15. The molecule has 0 aliphatic carbocycles. The Morgan fingerprint density at radius 2 is 1.86 bits per heavy atom. The maximum absolute atomic E-state index is 13.5. The number of tetrazole rings is 2. The second kappa shape index (κ2) is 10.0. The van der Waals surface area contributed by atoms with Crippen molar-refractivity contribution in [3.05, 3.63) is 70.7 Å². The molecule has 0 aliphatic heterocycles. The van der Waals surface area contributed by atoms with Crippen LogP contribution in [0.15, 0.2) is 53.6 Å². The van der Waals surface area contributed by atoms with E-state index in [1.165, 1.54) is 4.57 Å². The summed E-state index contributed by atoms with van der Waals surface area (Å²) in [6, 6.07) is 11.9. The predicted octanol–water partition coefficient (Wildman–Crippen LogP) is 2.84. The van der Waals surface area contributed by atoms with Crippen LogP contribution in [0.25, 0.3) is 28.5 Å². The van der Waals surface area contributed by atoms with Crippen LogP contribution in [-0.2, 0) is 13.0 Å². The highest BCUT2D eigenvalue weighted by atomic mass is 16.2. The van der Waals surface area contributed by atoms with Crippen molar-refractivity contribution < 1.29 is 0 Å². The molecular formula is C24H27N11O. The molecule has 0 aliphatic rings. The zero-order chi connectivity index (χ0) is 25.1. The number of aryl methyl sites for hydroxylation is 1. The molecule has 36 heavy (non-hydrogen) atoms. The van der Waals surface area contributed by atoms with E-state index < -0.39 is 0 Å². The summed E-state index contributed by atoms with van der Waals surface area (Å²) in [7, 11) is 0. The SMILES string of the molecule is CCCc1cn(-c2nnnn2C(C)CC)c(=O)n1Cc1ccc(-c2ccccc2-c2nnn[nH]2)cn1. The van der Waals surface area contributed by atoms with E-state index in [0.29, 0.717) is 18.3 Å². The first-order valence-corrected chi connectivity index (χ1v) is 12.0. The van der Waals surface area contributed by atoms with E-state index in [4.69, 9.17) is 0 Å². The van der Waals surface area contributed by atoms with Crippen LogP contribution in [-0.4, -0.2) is 54.9 Å². The molecular weight excluding hydrogens is 458 g/mol. The number of benzene rings is 1. The van der Waals surface area contributed by atoms with E-state index in [1.807, 2.05) is 55.7 Å². The molecule has 12 nitrogen and oxygen atoms in total. The molecule has 4 heterocycles. The van der Waals surface area contributed by atoms with Gasteiger partial charge < -0.3 is 0 Å². The fraction of sp³-hybridized carbons (Fsp3) is 0.333. The van der Waals surface area contributed by atoms with Gasteiger partial charge in [0, 0.05) is 29.2 Å². The summed E-state index contributed by atoms with van der Waals surface area (Å²) in [4.78, 5) is 18.1.